The summed E-state index contributed by atoms with van der Waals surface area (Å²) in [5.74, 6) is -0.325. The Morgan fingerprint density at radius 1 is 1.60 bits per heavy atom. The van der Waals surface area contributed by atoms with Gasteiger partial charge in [-0.1, -0.05) is 19.8 Å². The third kappa shape index (κ3) is 2.94. The Bertz CT molecular complexity index is 219. The maximum atomic E-state index is 11.6. The van der Waals surface area contributed by atoms with Gasteiger partial charge in [0.2, 0.25) is 0 Å². The number of hydrogen-bond acceptors (Lipinski definition) is 3. The number of aliphatic hydroxyl groups is 1. The van der Waals surface area contributed by atoms with E-state index in [-0.39, 0.29) is 11.9 Å². The fourth-order valence-electron chi connectivity index (χ4n) is 2.15. The molecule has 0 saturated heterocycles. The van der Waals surface area contributed by atoms with Crippen molar-refractivity contribution in [2.75, 3.05) is 7.11 Å². The topological polar surface area (TPSA) is 46.5 Å². The van der Waals surface area contributed by atoms with Gasteiger partial charge < -0.3 is 9.84 Å². The van der Waals surface area contributed by atoms with E-state index in [1.165, 1.54) is 7.11 Å². The van der Waals surface area contributed by atoms with Crippen LogP contribution in [0, 0.1) is 11.8 Å². The molecule has 1 N–H and O–H groups in total. The first-order valence-corrected chi connectivity index (χ1v) is 5.84. The predicted octanol–water partition coefficient (Wildman–Crippen LogP) is 2.13. The Labute approximate surface area is 91.8 Å². The fourth-order valence-corrected chi connectivity index (χ4v) is 2.15. The van der Waals surface area contributed by atoms with Gasteiger partial charge in [0.25, 0.3) is 0 Å². The molecule has 0 aromatic rings. The maximum absolute atomic E-state index is 11.6. The number of hydrogen-bond donors (Lipinski definition) is 1. The van der Waals surface area contributed by atoms with Crippen molar-refractivity contribution in [3.63, 3.8) is 0 Å². The van der Waals surface area contributed by atoms with Gasteiger partial charge in [0, 0.05) is 0 Å². The summed E-state index contributed by atoms with van der Waals surface area (Å²) in [5.41, 5.74) is -0.873. The molecule has 2 atom stereocenters. The van der Waals surface area contributed by atoms with Gasteiger partial charge in [-0.3, -0.25) is 4.79 Å². The van der Waals surface area contributed by atoms with Gasteiger partial charge in [0.15, 0.2) is 0 Å². The van der Waals surface area contributed by atoms with Crippen LogP contribution in [0.5, 0.6) is 0 Å². The van der Waals surface area contributed by atoms with Crippen molar-refractivity contribution < 1.29 is 14.6 Å². The quantitative estimate of drug-likeness (QED) is 0.689. The first-order chi connectivity index (χ1) is 7.04. The molecule has 0 radical (unpaired) electrons. The zero-order chi connectivity index (χ0) is 11.5. The molecule has 1 rings (SSSR count). The van der Waals surface area contributed by atoms with Crippen molar-refractivity contribution in [1.29, 1.82) is 0 Å². The van der Waals surface area contributed by atoms with E-state index >= 15 is 0 Å². The number of ether oxygens (including phenoxy) is 1. The molecular weight excluding hydrogens is 192 g/mol. The first kappa shape index (κ1) is 12.5. The Morgan fingerprint density at radius 3 is 2.60 bits per heavy atom. The number of unbranched alkanes of at least 4 members (excludes halogenated alkanes) is 1. The molecule has 0 aromatic carbocycles. The number of esters is 1. The SMILES string of the molecule is CCCCC(C(=O)OC)C(C)(O)C1CC1. The van der Waals surface area contributed by atoms with Gasteiger partial charge in [-0.25, -0.2) is 0 Å². The average molecular weight is 214 g/mol. The second kappa shape index (κ2) is 4.97. The normalized spacial score (nSPS) is 21.9. The average Bonchev–Trinajstić information content (AvgIpc) is 3.00. The molecule has 88 valence electrons. The van der Waals surface area contributed by atoms with Crippen LogP contribution < -0.4 is 0 Å². The fraction of sp³-hybridized carbons (Fsp3) is 0.917. The van der Waals surface area contributed by atoms with Gasteiger partial charge in [-0.2, -0.15) is 0 Å². The minimum absolute atomic E-state index is 0.264. The van der Waals surface area contributed by atoms with Crippen molar-refractivity contribution in [3.05, 3.63) is 0 Å². The van der Waals surface area contributed by atoms with Gasteiger partial charge in [-0.05, 0) is 32.1 Å². The summed E-state index contributed by atoms with van der Waals surface area (Å²) < 4.78 is 4.77. The van der Waals surface area contributed by atoms with Gasteiger partial charge >= 0.3 is 5.97 Å². The van der Waals surface area contributed by atoms with Crippen molar-refractivity contribution in [1.82, 2.24) is 0 Å². The summed E-state index contributed by atoms with van der Waals surface area (Å²) >= 11 is 0. The number of carbonyl (C=O) groups excluding carboxylic acids is 1. The Kier molecular flexibility index (Phi) is 4.14. The number of rotatable bonds is 6. The van der Waals surface area contributed by atoms with Crippen LogP contribution in [0.15, 0.2) is 0 Å². The van der Waals surface area contributed by atoms with Crippen LogP contribution in [0.1, 0.15) is 46.0 Å². The summed E-state index contributed by atoms with van der Waals surface area (Å²) in [4.78, 5) is 11.6. The lowest BCUT2D eigenvalue weighted by molar-refractivity contribution is -0.157. The smallest absolute Gasteiger partial charge is 0.311 e. The summed E-state index contributed by atoms with van der Waals surface area (Å²) in [7, 11) is 1.39. The van der Waals surface area contributed by atoms with E-state index in [0.29, 0.717) is 5.92 Å². The van der Waals surface area contributed by atoms with E-state index < -0.39 is 5.60 Å². The van der Waals surface area contributed by atoms with Crippen LogP contribution in [0.3, 0.4) is 0 Å². The zero-order valence-corrected chi connectivity index (χ0v) is 9.95. The molecule has 0 amide bonds. The highest BCUT2D eigenvalue weighted by molar-refractivity contribution is 5.73. The molecule has 1 saturated carbocycles. The molecule has 0 aliphatic heterocycles. The molecule has 3 heteroatoms. The molecule has 15 heavy (non-hydrogen) atoms. The highest BCUT2D eigenvalue weighted by Gasteiger charge is 2.48. The molecule has 0 heterocycles. The third-order valence-corrected chi connectivity index (χ3v) is 3.44. The van der Waals surface area contributed by atoms with E-state index in [9.17, 15) is 9.90 Å². The third-order valence-electron chi connectivity index (χ3n) is 3.44. The molecule has 0 aromatic heterocycles. The molecule has 1 fully saturated rings. The molecule has 0 spiro atoms. The van der Waals surface area contributed by atoms with Crippen LogP contribution in [0.4, 0.5) is 0 Å². The Morgan fingerprint density at radius 2 is 2.20 bits per heavy atom. The van der Waals surface area contributed by atoms with E-state index in [1.54, 1.807) is 6.92 Å². The minimum atomic E-state index is -0.873. The van der Waals surface area contributed by atoms with Crippen LogP contribution in [-0.2, 0) is 9.53 Å². The lowest BCUT2D eigenvalue weighted by Crippen LogP contribution is -2.42. The van der Waals surface area contributed by atoms with Crippen LogP contribution in [0.25, 0.3) is 0 Å². The Balaban J connectivity index is 2.65. The minimum Gasteiger partial charge on any atom is -0.469 e. The summed E-state index contributed by atoms with van der Waals surface area (Å²) in [6, 6.07) is 0. The highest BCUT2D eigenvalue weighted by atomic mass is 16.5. The van der Waals surface area contributed by atoms with E-state index in [0.717, 1.165) is 32.1 Å². The predicted molar refractivity (Wildman–Crippen MR) is 58.4 cm³/mol. The second-order valence-electron chi connectivity index (χ2n) is 4.72. The lowest BCUT2D eigenvalue weighted by atomic mass is 9.81. The molecule has 1 aliphatic rings. The van der Waals surface area contributed by atoms with E-state index in [2.05, 4.69) is 6.92 Å². The highest BCUT2D eigenvalue weighted by Crippen LogP contribution is 2.45. The molecule has 2 unspecified atom stereocenters. The zero-order valence-electron chi connectivity index (χ0n) is 9.95. The molecule has 3 nitrogen and oxygen atoms in total. The largest absolute Gasteiger partial charge is 0.469 e. The number of carbonyl (C=O) groups is 1. The summed E-state index contributed by atoms with van der Waals surface area (Å²) in [5, 5.41) is 10.3. The maximum Gasteiger partial charge on any atom is 0.311 e. The van der Waals surface area contributed by atoms with Crippen molar-refractivity contribution in [2.45, 2.75) is 51.6 Å². The lowest BCUT2D eigenvalue weighted by Gasteiger charge is -2.31. The standard InChI is InChI=1S/C12H22O3/c1-4-5-6-10(11(13)15-3)12(2,14)9-7-8-9/h9-10,14H,4-8H2,1-3H3. The van der Waals surface area contributed by atoms with E-state index in [1.807, 2.05) is 0 Å². The first-order valence-electron chi connectivity index (χ1n) is 5.84. The molecule has 0 bridgehead atoms. The van der Waals surface area contributed by atoms with Crippen molar-refractivity contribution in [2.24, 2.45) is 11.8 Å². The van der Waals surface area contributed by atoms with E-state index in [4.69, 9.17) is 4.74 Å². The van der Waals surface area contributed by atoms with Crippen LogP contribution in [-0.4, -0.2) is 23.8 Å². The summed E-state index contributed by atoms with van der Waals surface area (Å²) in [6.45, 7) is 3.86. The molecule has 1 aliphatic carbocycles. The van der Waals surface area contributed by atoms with Crippen LogP contribution >= 0.6 is 0 Å². The molecular formula is C12H22O3. The van der Waals surface area contributed by atoms with Crippen LogP contribution in [0.2, 0.25) is 0 Å². The monoisotopic (exact) mass is 214 g/mol. The number of methoxy groups -OCH3 is 1. The van der Waals surface area contributed by atoms with Crippen molar-refractivity contribution in [3.8, 4) is 0 Å². The Hall–Kier alpha value is -0.570. The second-order valence-corrected chi connectivity index (χ2v) is 4.72. The van der Waals surface area contributed by atoms with Gasteiger partial charge in [0.05, 0.1) is 18.6 Å². The summed E-state index contributed by atoms with van der Waals surface area (Å²) in [6.07, 6.45) is 4.79. The van der Waals surface area contributed by atoms with Gasteiger partial charge in [0.1, 0.15) is 0 Å². The van der Waals surface area contributed by atoms with Gasteiger partial charge in [-0.15, -0.1) is 0 Å². The van der Waals surface area contributed by atoms with Crippen molar-refractivity contribution >= 4 is 5.97 Å².